The van der Waals surface area contributed by atoms with Crippen molar-refractivity contribution in [2.24, 2.45) is 5.73 Å². The molecule has 0 unspecified atom stereocenters. The van der Waals surface area contributed by atoms with E-state index in [1.807, 2.05) is 12.1 Å². The topological polar surface area (TPSA) is 38.0 Å². The van der Waals surface area contributed by atoms with Gasteiger partial charge in [0.25, 0.3) is 0 Å². The Kier molecular flexibility index (Phi) is 5.06. The first-order valence-corrected chi connectivity index (χ1v) is 7.76. The molecule has 1 heterocycles. The van der Waals surface area contributed by atoms with E-state index in [-0.39, 0.29) is 16.2 Å². The van der Waals surface area contributed by atoms with Gasteiger partial charge in [0.2, 0.25) is 0 Å². The second-order valence-electron chi connectivity index (χ2n) is 4.06. The molecule has 0 radical (unpaired) electrons. The highest BCUT2D eigenvalue weighted by atomic mass is 79.9. The minimum Gasteiger partial charge on any atom is -0.389 e. The predicted molar refractivity (Wildman–Crippen MR) is 86.5 cm³/mol. The number of nitrogens with two attached hydrogens (primary N) is 1. The van der Waals surface area contributed by atoms with Crippen LogP contribution in [-0.4, -0.2) is 11.5 Å². The molecular weight excluding hydrogens is 366 g/mol. The SMILES string of the molecule is NC(=S)c1cc(F)c(NCCc2ccc(Br)s2)c(F)c1. The molecule has 0 aliphatic heterocycles. The van der Waals surface area contributed by atoms with Crippen LogP contribution < -0.4 is 11.1 Å². The van der Waals surface area contributed by atoms with Crippen molar-refractivity contribution < 1.29 is 8.78 Å². The average molecular weight is 377 g/mol. The third-order valence-corrected chi connectivity index (χ3v) is 4.55. The largest absolute Gasteiger partial charge is 0.389 e. The van der Waals surface area contributed by atoms with Crippen LogP contribution >= 0.6 is 39.5 Å². The van der Waals surface area contributed by atoms with Crippen molar-refractivity contribution in [3.05, 3.63) is 50.1 Å². The monoisotopic (exact) mass is 376 g/mol. The van der Waals surface area contributed by atoms with Gasteiger partial charge in [-0.15, -0.1) is 11.3 Å². The van der Waals surface area contributed by atoms with Gasteiger partial charge in [-0.25, -0.2) is 8.78 Å². The van der Waals surface area contributed by atoms with E-state index in [0.29, 0.717) is 13.0 Å². The zero-order valence-corrected chi connectivity index (χ0v) is 13.5. The van der Waals surface area contributed by atoms with Crippen LogP contribution in [0.4, 0.5) is 14.5 Å². The van der Waals surface area contributed by atoms with Crippen molar-refractivity contribution in [2.75, 3.05) is 11.9 Å². The fourth-order valence-electron chi connectivity index (χ4n) is 1.68. The van der Waals surface area contributed by atoms with Gasteiger partial charge < -0.3 is 11.1 Å². The molecule has 0 saturated heterocycles. The van der Waals surface area contributed by atoms with Gasteiger partial charge in [0.15, 0.2) is 0 Å². The van der Waals surface area contributed by atoms with E-state index in [2.05, 4.69) is 21.2 Å². The van der Waals surface area contributed by atoms with Crippen molar-refractivity contribution in [3.8, 4) is 0 Å². The molecule has 0 bridgehead atoms. The number of hydrogen-bond acceptors (Lipinski definition) is 3. The second kappa shape index (κ2) is 6.60. The van der Waals surface area contributed by atoms with Crippen LogP contribution in [0, 0.1) is 11.6 Å². The number of rotatable bonds is 5. The first-order chi connectivity index (χ1) is 9.47. The van der Waals surface area contributed by atoms with Crippen molar-refractivity contribution in [2.45, 2.75) is 6.42 Å². The highest BCUT2D eigenvalue weighted by Crippen LogP contribution is 2.24. The van der Waals surface area contributed by atoms with Gasteiger partial charge in [-0.05, 0) is 46.6 Å². The Morgan fingerprint density at radius 2 is 1.95 bits per heavy atom. The third kappa shape index (κ3) is 3.74. The van der Waals surface area contributed by atoms with Gasteiger partial charge in [-0.3, -0.25) is 0 Å². The molecule has 106 valence electrons. The number of halogens is 3. The molecule has 0 aliphatic carbocycles. The fraction of sp³-hybridized carbons (Fsp3) is 0.154. The number of thiophene rings is 1. The number of anilines is 1. The summed E-state index contributed by atoms with van der Waals surface area (Å²) in [5, 5.41) is 2.76. The molecule has 0 spiro atoms. The van der Waals surface area contributed by atoms with Crippen molar-refractivity contribution in [1.82, 2.24) is 0 Å². The fourth-order valence-corrected chi connectivity index (χ4v) is 3.28. The van der Waals surface area contributed by atoms with Crippen LogP contribution in [0.1, 0.15) is 10.4 Å². The summed E-state index contributed by atoms with van der Waals surface area (Å²) >= 11 is 9.66. The van der Waals surface area contributed by atoms with Crippen LogP contribution in [0.3, 0.4) is 0 Å². The van der Waals surface area contributed by atoms with Gasteiger partial charge in [-0.2, -0.15) is 0 Å². The van der Waals surface area contributed by atoms with E-state index < -0.39 is 11.6 Å². The van der Waals surface area contributed by atoms with E-state index in [1.165, 1.54) is 0 Å². The van der Waals surface area contributed by atoms with Crippen LogP contribution in [0.2, 0.25) is 0 Å². The Bertz CT molecular complexity index is 620. The summed E-state index contributed by atoms with van der Waals surface area (Å²) in [6, 6.07) is 6.18. The maximum Gasteiger partial charge on any atom is 0.150 e. The standard InChI is InChI=1S/C13H11BrF2N2S2/c14-11-2-1-8(20-11)3-4-18-12-9(15)5-7(13(17)19)6-10(12)16/h1-2,5-6,18H,3-4H2,(H2,17,19). The zero-order chi connectivity index (χ0) is 14.7. The van der Waals surface area contributed by atoms with Gasteiger partial charge in [0, 0.05) is 17.0 Å². The molecule has 3 N–H and O–H groups in total. The van der Waals surface area contributed by atoms with E-state index in [9.17, 15) is 8.78 Å². The average Bonchev–Trinajstić information content (AvgIpc) is 2.78. The lowest BCUT2D eigenvalue weighted by molar-refractivity contribution is 0.587. The van der Waals surface area contributed by atoms with E-state index >= 15 is 0 Å². The molecule has 0 amide bonds. The Labute approximate surface area is 133 Å². The number of hydrogen-bond donors (Lipinski definition) is 2. The maximum absolute atomic E-state index is 13.8. The molecule has 7 heteroatoms. The molecular formula is C13H11BrF2N2S2. The number of benzene rings is 1. The van der Waals surface area contributed by atoms with Crippen LogP contribution in [0.15, 0.2) is 28.1 Å². The minimum absolute atomic E-state index is 0.0298. The van der Waals surface area contributed by atoms with E-state index in [1.54, 1.807) is 11.3 Å². The Hall–Kier alpha value is -1.05. The van der Waals surface area contributed by atoms with Crippen molar-refractivity contribution >= 4 is 50.2 Å². The highest BCUT2D eigenvalue weighted by molar-refractivity contribution is 9.11. The first kappa shape index (κ1) is 15.3. The van der Waals surface area contributed by atoms with Crippen molar-refractivity contribution in [3.63, 3.8) is 0 Å². The maximum atomic E-state index is 13.8. The van der Waals surface area contributed by atoms with Gasteiger partial charge >= 0.3 is 0 Å². The normalized spacial score (nSPS) is 10.6. The number of thiocarbonyl (C=S) groups is 1. The predicted octanol–water partition coefficient (Wildman–Crippen LogP) is 4.08. The first-order valence-electron chi connectivity index (χ1n) is 5.74. The molecule has 0 atom stereocenters. The van der Waals surface area contributed by atoms with E-state index in [0.717, 1.165) is 20.8 Å². The molecule has 0 aliphatic rings. The summed E-state index contributed by atoms with van der Waals surface area (Å²) in [6.45, 7) is 0.438. The molecule has 20 heavy (non-hydrogen) atoms. The summed E-state index contributed by atoms with van der Waals surface area (Å²) in [4.78, 5) is 1.10. The van der Waals surface area contributed by atoms with Crippen LogP contribution in [-0.2, 0) is 6.42 Å². The van der Waals surface area contributed by atoms with Gasteiger partial charge in [0.05, 0.1) is 3.79 Å². The Balaban J connectivity index is 2.04. The molecule has 0 saturated carbocycles. The second-order valence-corrected chi connectivity index (χ2v) is 7.05. The molecule has 2 aromatic rings. The van der Waals surface area contributed by atoms with Gasteiger partial charge in [0.1, 0.15) is 22.3 Å². The molecule has 1 aromatic carbocycles. The molecule has 0 fully saturated rings. The van der Waals surface area contributed by atoms with E-state index in [4.69, 9.17) is 18.0 Å². The summed E-state index contributed by atoms with van der Waals surface area (Å²) in [6.07, 6.45) is 0.687. The summed E-state index contributed by atoms with van der Waals surface area (Å²) in [7, 11) is 0. The lowest BCUT2D eigenvalue weighted by Crippen LogP contribution is -2.13. The smallest absolute Gasteiger partial charge is 0.150 e. The highest BCUT2D eigenvalue weighted by Gasteiger charge is 2.12. The lowest BCUT2D eigenvalue weighted by Gasteiger charge is -2.09. The molecule has 2 rings (SSSR count). The van der Waals surface area contributed by atoms with Gasteiger partial charge in [-0.1, -0.05) is 12.2 Å². The third-order valence-electron chi connectivity index (χ3n) is 2.63. The van der Waals surface area contributed by atoms with Crippen molar-refractivity contribution in [1.29, 1.82) is 0 Å². The lowest BCUT2D eigenvalue weighted by atomic mass is 10.2. The summed E-state index contributed by atoms with van der Waals surface area (Å²) in [5.41, 5.74) is 5.39. The quantitative estimate of drug-likeness (QED) is 0.772. The van der Waals surface area contributed by atoms with Crippen LogP contribution in [0.25, 0.3) is 0 Å². The number of nitrogens with one attached hydrogen (secondary N) is 1. The zero-order valence-electron chi connectivity index (χ0n) is 10.3. The molecule has 2 nitrogen and oxygen atoms in total. The molecule has 1 aromatic heterocycles. The van der Waals surface area contributed by atoms with Crippen LogP contribution in [0.5, 0.6) is 0 Å². The Morgan fingerprint density at radius 1 is 1.30 bits per heavy atom. The summed E-state index contributed by atoms with van der Waals surface area (Å²) in [5.74, 6) is -1.39. The minimum atomic E-state index is -0.694. The Morgan fingerprint density at radius 3 is 2.45 bits per heavy atom. The summed E-state index contributed by atoms with van der Waals surface area (Å²) < 4.78 is 28.6.